The van der Waals surface area contributed by atoms with Gasteiger partial charge in [-0.2, -0.15) is 0 Å². The summed E-state index contributed by atoms with van der Waals surface area (Å²) in [6.07, 6.45) is 1.28. The number of hydrogen-bond acceptors (Lipinski definition) is 5. The molecular formula is C27H22FN3O5. The number of amides is 5. The Balaban J connectivity index is 1.54. The van der Waals surface area contributed by atoms with E-state index < -0.39 is 23.7 Å². The summed E-state index contributed by atoms with van der Waals surface area (Å²) in [7, 11) is 0. The number of carbonyl (C=O) groups is 4. The quantitative estimate of drug-likeness (QED) is 0.402. The summed E-state index contributed by atoms with van der Waals surface area (Å²) < 4.78 is 19.0. The highest BCUT2D eigenvalue weighted by atomic mass is 19.1. The highest BCUT2D eigenvalue weighted by Gasteiger charge is 2.37. The Hall–Kier alpha value is -4.79. The van der Waals surface area contributed by atoms with Gasteiger partial charge in [-0.3, -0.25) is 19.7 Å². The minimum atomic E-state index is -0.943. The summed E-state index contributed by atoms with van der Waals surface area (Å²) >= 11 is 0. The first kappa shape index (κ1) is 24.3. The van der Waals surface area contributed by atoms with Crippen molar-refractivity contribution in [1.29, 1.82) is 0 Å². The molecule has 8 nitrogen and oxygen atoms in total. The Kier molecular flexibility index (Phi) is 6.91. The van der Waals surface area contributed by atoms with Gasteiger partial charge in [0.2, 0.25) is 0 Å². The fraction of sp³-hybridized carbons (Fsp3) is 0.111. The number of halogens is 1. The number of benzene rings is 3. The van der Waals surface area contributed by atoms with Gasteiger partial charge in [0.05, 0.1) is 5.69 Å². The summed E-state index contributed by atoms with van der Waals surface area (Å²) in [6, 6.07) is 16.0. The van der Waals surface area contributed by atoms with E-state index in [0.29, 0.717) is 11.3 Å². The monoisotopic (exact) mass is 487 g/mol. The van der Waals surface area contributed by atoms with E-state index in [1.807, 2.05) is 32.0 Å². The van der Waals surface area contributed by atoms with Crippen LogP contribution in [0.4, 0.5) is 20.6 Å². The molecule has 1 aliphatic heterocycles. The third-order valence-corrected chi connectivity index (χ3v) is 5.43. The molecule has 3 aromatic rings. The largest absolute Gasteiger partial charge is 0.483 e. The first-order chi connectivity index (χ1) is 17.2. The van der Waals surface area contributed by atoms with Crippen LogP contribution in [-0.4, -0.2) is 30.4 Å². The summed E-state index contributed by atoms with van der Waals surface area (Å²) in [4.78, 5) is 51.1. The topological polar surface area (TPSA) is 105 Å². The molecule has 0 unspecified atom stereocenters. The van der Waals surface area contributed by atoms with Gasteiger partial charge in [0.25, 0.3) is 17.7 Å². The molecule has 0 bridgehead atoms. The molecule has 0 saturated carbocycles. The number of nitrogens with one attached hydrogen (secondary N) is 2. The van der Waals surface area contributed by atoms with Crippen molar-refractivity contribution < 1.29 is 28.3 Å². The summed E-state index contributed by atoms with van der Waals surface area (Å²) in [6.45, 7) is 3.49. The van der Waals surface area contributed by atoms with E-state index in [2.05, 4.69) is 10.6 Å². The molecule has 3 aromatic carbocycles. The fourth-order valence-corrected chi connectivity index (χ4v) is 3.57. The first-order valence-electron chi connectivity index (χ1n) is 11.0. The third-order valence-electron chi connectivity index (χ3n) is 5.43. The molecule has 182 valence electrons. The minimum Gasteiger partial charge on any atom is -0.483 e. The number of urea groups is 1. The van der Waals surface area contributed by atoms with Crippen LogP contribution in [0.25, 0.3) is 6.08 Å². The molecule has 4 rings (SSSR count). The summed E-state index contributed by atoms with van der Waals surface area (Å²) in [5.74, 6) is -2.43. The maximum absolute atomic E-state index is 13.3. The number of imide groups is 2. The number of carbonyl (C=O) groups excluding carboxylic acids is 4. The number of barbiturate groups is 1. The molecule has 1 heterocycles. The number of ether oxygens (including phenoxy) is 1. The van der Waals surface area contributed by atoms with E-state index >= 15 is 0 Å². The van der Waals surface area contributed by atoms with Gasteiger partial charge in [-0.05, 0) is 67.4 Å². The van der Waals surface area contributed by atoms with Gasteiger partial charge in [-0.25, -0.2) is 14.1 Å². The van der Waals surface area contributed by atoms with E-state index in [0.717, 1.165) is 28.2 Å². The summed E-state index contributed by atoms with van der Waals surface area (Å²) in [5, 5.41) is 4.91. The van der Waals surface area contributed by atoms with Crippen LogP contribution < -0.4 is 20.3 Å². The van der Waals surface area contributed by atoms with Crippen LogP contribution in [-0.2, 0) is 14.4 Å². The molecule has 0 atom stereocenters. The highest BCUT2D eigenvalue weighted by molar-refractivity contribution is 6.39. The Bertz CT molecular complexity index is 1400. The lowest BCUT2D eigenvalue weighted by Gasteiger charge is -2.26. The van der Waals surface area contributed by atoms with Crippen molar-refractivity contribution >= 4 is 41.2 Å². The first-order valence-corrected chi connectivity index (χ1v) is 11.0. The molecule has 1 saturated heterocycles. The molecule has 5 amide bonds. The average Bonchev–Trinajstić information content (AvgIpc) is 2.84. The number of rotatable bonds is 6. The lowest BCUT2D eigenvalue weighted by atomic mass is 10.1. The Morgan fingerprint density at radius 3 is 2.50 bits per heavy atom. The SMILES string of the molecule is Cc1ccc(C)c(NC(=O)COc2ccccc2/C=C2\C(=O)NC(=O)N(c3ccc(F)cc3)C2=O)c1. The molecule has 0 aromatic heterocycles. The van der Waals surface area contributed by atoms with Crippen LogP contribution in [0.2, 0.25) is 0 Å². The smallest absolute Gasteiger partial charge is 0.335 e. The van der Waals surface area contributed by atoms with Crippen LogP contribution in [0.15, 0.2) is 72.3 Å². The van der Waals surface area contributed by atoms with Crippen LogP contribution in [0.3, 0.4) is 0 Å². The van der Waals surface area contributed by atoms with Crippen molar-refractivity contribution in [3.8, 4) is 5.75 Å². The van der Waals surface area contributed by atoms with Crippen molar-refractivity contribution in [2.45, 2.75) is 13.8 Å². The molecule has 9 heteroatoms. The van der Waals surface area contributed by atoms with Crippen molar-refractivity contribution in [3.05, 3.63) is 94.8 Å². The third kappa shape index (κ3) is 5.30. The van der Waals surface area contributed by atoms with E-state index in [4.69, 9.17) is 4.74 Å². The van der Waals surface area contributed by atoms with E-state index in [-0.39, 0.29) is 29.5 Å². The summed E-state index contributed by atoms with van der Waals surface area (Å²) in [5.41, 5.74) is 2.70. The van der Waals surface area contributed by atoms with Crippen molar-refractivity contribution in [3.63, 3.8) is 0 Å². The van der Waals surface area contributed by atoms with Gasteiger partial charge in [0.15, 0.2) is 6.61 Å². The van der Waals surface area contributed by atoms with Gasteiger partial charge in [-0.1, -0.05) is 30.3 Å². The molecule has 0 spiro atoms. The minimum absolute atomic E-state index is 0.102. The lowest BCUT2D eigenvalue weighted by Crippen LogP contribution is -2.54. The average molecular weight is 487 g/mol. The molecule has 0 aliphatic carbocycles. The Morgan fingerprint density at radius 1 is 1.03 bits per heavy atom. The number of hydrogen-bond donors (Lipinski definition) is 2. The van der Waals surface area contributed by atoms with Crippen molar-refractivity contribution in [1.82, 2.24) is 5.32 Å². The second-order valence-corrected chi connectivity index (χ2v) is 8.13. The molecule has 36 heavy (non-hydrogen) atoms. The number of nitrogens with zero attached hydrogens (tertiary/aromatic N) is 1. The lowest BCUT2D eigenvalue weighted by molar-refractivity contribution is -0.122. The Morgan fingerprint density at radius 2 is 1.75 bits per heavy atom. The van der Waals surface area contributed by atoms with Crippen LogP contribution >= 0.6 is 0 Å². The number of para-hydroxylation sites is 1. The van der Waals surface area contributed by atoms with E-state index in [1.54, 1.807) is 24.3 Å². The second kappa shape index (κ2) is 10.2. The normalized spacial score (nSPS) is 14.6. The zero-order valence-electron chi connectivity index (χ0n) is 19.5. The maximum Gasteiger partial charge on any atom is 0.335 e. The molecular weight excluding hydrogens is 465 g/mol. The van der Waals surface area contributed by atoms with Crippen LogP contribution in [0, 0.1) is 19.7 Å². The second-order valence-electron chi connectivity index (χ2n) is 8.13. The zero-order chi connectivity index (χ0) is 25.8. The molecule has 0 radical (unpaired) electrons. The predicted molar refractivity (Wildman–Crippen MR) is 132 cm³/mol. The maximum atomic E-state index is 13.3. The van der Waals surface area contributed by atoms with Crippen molar-refractivity contribution in [2.75, 3.05) is 16.8 Å². The van der Waals surface area contributed by atoms with Gasteiger partial charge in [0, 0.05) is 11.3 Å². The van der Waals surface area contributed by atoms with Gasteiger partial charge in [0.1, 0.15) is 17.1 Å². The van der Waals surface area contributed by atoms with Crippen LogP contribution in [0.5, 0.6) is 5.75 Å². The molecule has 1 aliphatic rings. The van der Waals surface area contributed by atoms with Gasteiger partial charge in [-0.15, -0.1) is 0 Å². The number of anilines is 2. The highest BCUT2D eigenvalue weighted by Crippen LogP contribution is 2.26. The predicted octanol–water partition coefficient (Wildman–Crippen LogP) is 4.13. The zero-order valence-corrected chi connectivity index (χ0v) is 19.5. The standard InChI is InChI=1S/C27H22FN3O5/c1-16-7-8-17(2)22(13-16)29-24(32)15-36-23-6-4-3-5-18(23)14-21-25(33)30-27(35)31(26(21)34)20-11-9-19(28)10-12-20/h3-14H,15H2,1-2H3,(H,29,32)(H,30,33,35)/b21-14+. The number of aryl methyl sites for hydroxylation is 2. The van der Waals surface area contributed by atoms with E-state index in [9.17, 15) is 23.6 Å². The van der Waals surface area contributed by atoms with Crippen molar-refractivity contribution in [2.24, 2.45) is 0 Å². The van der Waals surface area contributed by atoms with Crippen LogP contribution in [0.1, 0.15) is 16.7 Å². The fourth-order valence-electron chi connectivity index (χ4n) is 3.57. The molecule has 2 N–H and O–H groups in total. The molecule has 1 fully saturated rings. The van der Waals surface area contributed by atoms with Gasteiger partial charge < -0.3 is 10.1 Å². The van der Waals surface area contributed by atoms with E-state index in [1.165, 1.54) is 18.2 Å². The van der Waals surface area contributed by atoms with Gasteiger partial charge >= 0.3 is 6.03 Å². The Labute approximate surface area is 206 Å².